The van der Waals surface area contributed by atoms with E-state index >= 15 is 0 Å². The molecule has 1 aliphatic rings. The maximum Gasteiger partial charge on any atom is 0.243 e. The number of sulfonamides is 1. The standard InChI is InChI=1S/C18H20Cl2N2O2S/c1-2-14-5-3-4-6-18(14)21-9-11-22(12-10-21)25(23,24)15-7-8-16(19)17(20)13-15/h3-8,13H,2,9-12H2,1H3. The number of benzene rings is 2. The maximum atomic E-state index is 12.8. The molecule has 2 aromatic carbocycles. The van der Waals surface area contributed by atoms with Crippen LogP contribution in [0.4, 0.5) is 5.69 Å². The fourth-order valence-electron chi connectivity index (χ4n) is 3.07. The van der Waals surface area contributed by atoms with E-state index in [1.54, 1.807) is 0 Å². The van der Waals surface area contributed by atoms with Gasteiger partial charge >= 0.3 is 0 Å². The van der Waals surface area contributed by atoms with Gasteiger partial charge in [-0.05, 0) is 36.2 Å². The van der Waals surface area contributed by atoms with Crippen LogP contribution in [0, 0.1) is 0 Å². The van der Waals surface area contributed by atoms with Crippen molar-refractivity contribution in [3.05, 3.63) is 58.1 Å². The third kappa shape index (κ3) is 3.80. The van der Waals surface area contributed by atoms with E-state index in [0.29, 0.717) is 31.2 Å². The van der Waals surface area contributed by atoms with Crippen LogP contribution >= 0.6 is 23.2 Å². The summed E-state index contributed by atoms with van der Waals surface area (Å²) in [6, 6.07) is 12.7. The fraction of sp³-hybridized carbons (Fsp3) is 0.333. The Morgan fingerprint density at radius 2 is 1.64 bits per heavy atom. The van der Waals surface area contributed by atoms with E-state index in [2.05, 4.69) is 24.0 Å². The lowest BCUT2D eigenvalue weighted by molar-refractivity contribution is 0.384. The summed E-state index contributed by atoms with van der Waals surface area (Å²) in [5, 5.41) is 0.597. The van der Waals surface area contributed by atoms with Crippen molar-refractivity contribution < 1.29 is 8.42 Å². The van der Waals surface area contributed by atoms with Crippen LogP contribution in [0.1, 0.15) is 12.5 Å². The number of aryl methyl sites for hydroxylation is 1. The molecule has 7 heteroatoms. The first-order valence-electron chi connectivity index (χ1n) is 8.21. The molecule has 25 heavy (non-hydrogen) atoms. The van der Waals surface area contributed by atoms with Gasteiger partial charge in [0.2, 0.25) is 10.0 Å². The van der Waals surface area contributed by atoms with Gasteiger partial charge in [-0.15, -0.1) is 0 Å². The monoisotopic (exact) mass is 398 g/mol. The molecule has 0 spiro atoms. The lowest BCUT2D eigenvalue weighted by Gasteiger charge is -2.36. The number of nitrogens with zero attached hydrogens (tertiary/aromatic N) is 2. The van der Waals surface area contributed by atoms with E-state index in [1.807, 2.05) is 12.1 Å². The number of para-hydroxylation sites is 1. The Labute approximate surface area is 159 Å². The average Bonchev–Trinajstić information content (AvgIpc) is 2.64. The van der Waals surface area contributed by atoms with Crippen LogP contribution in [-0.4, -0.2) is 38.9 Å². The molecule has 0 radical (unpaired) electrons. The smallest absolute Gasteiger partial charge is 0.243 e. The molecule has 0 unspecified atom stereocenters. The molecule has 0 aromatic heterocycles. The molecule has 1 heterocycles. The zero-order valence-electron chi connectivity index (χ0n) is 14.0. The maximum absolute atomic E-state index is 12.8. The van der Waals surface area contributed by atoms with Gasteiger partial charge in [-0.1, -0.05) is 48.3 Å². The number of rotatable bonds is 4. The van der Waals surface area contributed by atoms with E-state index in [9.17, 15) is 8.42 Å². The summed E-state index contributed by atoms with van der Waals surface area (Å²) in [6.45, 7) is 4.35. The van der Waals surface area contributed by atoms with E-state index in [4.69, 9.17) is 23.2 Å². The third-order valence-corrected chi connectivity index (χ3v) is 7.11. The van der Waals surface area contributed by atoms with Crippen molar-refractivity contribution in [1.82, 2.24) is 4.31 Å². The first kappa shape index (κ1) is 18.5. The van der Waals surface area contributed by atoms with Crippen LogP contribution in [0.15, 0.2) is 47.4 Å². The van der Waals surface area contributed by atoms with E-state index in [-0.39, 0.29) is 9.92 Å². The molecule has 134 valence electrons. The summed E-state index contributed by atoms with van der Waals surface area (Å²) in [4.78, 5) is 2.43. The van der Waals surface area contributed by atoms with Crippen molar-refractivity contribution in [1.29, 1.82) is 0 Å². The van der Waals surface area contributed by atoms with Gasteiger partial charge in [0, 0.05) is 31.9 Å². The highest BCUT2D eigenvalue weighted by atomic mass is 35.5. The molecule has 0 amide bonds. The number of hydrogen-bond acceptors (Lipinski definition) is 3. The van der Waals surface area contributed by atoms with Crippen LogP contribution in [0.25, 0.3) is 0 Å². The highest BCUT2D eigenvalue weighted by molar-refractivity contribution is 7.89. The van der Waals surface area contributed by atoms with Crippen molar-refractivity contribution in [3.8, 4) is 0 Å². The average molecular weight is 399 g/mol. The van der Waals surface area contributed by atoms with Crippen molar-refractivity contribution in [3.63, 3.8) is 0 Å². The number of piperazine rings is 1. The second-order valence-electron chi connectivity index (χ2n) is 5.95. The summed E-state index contributed by atoms with van der Waals surface area (Å²) in [7, 11) is -3.56. The van der Waals surface area contributed by atoms with Gasteiger partial charge in [-0.25, -0.2) is 8.42 Å². The molecule has 1 saturated heterocycles. The normalized spacial score (nSPS) is 16.2. The Balaban J connectivity index is 1.76. The van der Waals surface area contributed by atoms with Crippen LogP contribution < -0.4 is 4.90 Å². The van der Waals surface area contributed by atoms with Crippen LogP contribution in [0.2, 0.25) is 10.0 Å². The Hall–Kier alpha value is -1.27. The second kappa shape index (κ2) is 7.54. The van der Waals surface area contributed by atoms with E-state index in [0.717, 1.165) is 6.42 Å². The zero-order chi connectivity index (χ0) is 18.0. The molecule has 0 N–H and O–H groups in total. The van der Waals surface area contributed by atoms with Crippen molar-refractivity contribution >= 4 is 38.9 Å². The Morgan fingerprint density at radius 1 is 0.960 bits per heavy atom. The molecule has 4 nitrogen and oxygen atoms in total. The minimum Gasteiger partial charge on any atom is -0.369 e. The second-order valence-corrected chi connectivity index (χ2v) is 8.70. The van der Waals surface area contributed by atoms with Crippen LogP contribution in [0.3, 0.4) is 0 Å². The summed E-state index contributed by atoms with van der Waals surface area (Å²) < 4.78 is 27.2. The van der Waals surface area contributed by atoms with Crippen molar-refractivity contribution in [2.75, 3.05) is 31.1 Å². The molecule has 2 aromatic rings. The van der Waals surface area contributed by atoms with Gasteiger partial charge in [0.1, 0.15) is 0 Å². The predicted molar refractivity (Wildman–Crippen MR) is 103 cm³/mol. The Kier molecular flexibility index (Phi) is 5.58. The highest BCUT2D eigenvalue weighted by Crippen LogP contribution is 2.28. The Bertz CT molecular complexity index is 863. The SMILES string of the molecule is CCc1ccccc1N1CCN(S(=O)(=O)c2ccc(Cl)c(Cl)c2)CC1. The summed E-state index contributed by atoms with van der Waals surface area (Å²) in [6.07, 6.45) is 0.956. The third-order valence-electron chi connectivity index (χ3n) is 4.48. The lowest BCUT2D eigenvalue weighted by Crippen LogP contribution is -2.48. The number of anilines is 1. The molecule has 0 saturated carbocycles. The van der Waals surface area contributed by atoms with Crippen molar-refractivity contribution in [2.45, 2.75) is 18.2 Å². The van der Waals surface area contributed by atoms with E-state index < -0.39 is 10.0 Å². The molecule has 1 aliphatic heterocycles. The van der Waals surface area contributed by atoms with Gasteiger partial charge < -0.3 is 4.90 Å². The Morgan fingerprint density at radius 3 is 2.28 bits per heavy atom. The van der Waals surface area contributed by atoms with Crippen LogP contribution in [0.5, 0.6) is 0 Å². The number of hydrogen-bond donors (Lipinski definition) is 0. The molecule has 0 bridgehead atoms. The molecule has 1 fully saturated rings. The topological polar surface area (TPSA) is 40.6 Å². The van der Waals surface area contributed by atoms with Gasteiger partial charge in [-0.2, -0.15) is 4.31 Å². The molecule has 0 atom stereocenters. The summed E-state index contributed by atoms with van der Waals surface area (Å²) in [5.74, 6) is 0. The minimum absolute atomic E-state index is 0.185. The first-order valence-corrected chi connectivity index (χ1v) is 10.4. The molecular weight excluding hydrogens is 379 g/mol. The zero-order valence-corrected chi connectivity index (χ0v) is 16.3. The summed E-state index contributed by atoms with van der Waals surface area (Å²) >= 11 is 11.9. The predicted octanol–water partition coefficient (Wildman–Crippen LogP) is 4.07. The van der Waals surface area contributed by atoms with E-state index in [1.165, 1.54) is 33.8 Å². The quantitative estimate of drug-likeness (QED) is 0.779. The van der Waals surface area contributed by atoms with Crippen molar-refractivity contribution in [2.24, 2.45) is 0 Å². The number of halogens is 2. The van der Waals surface area contributed by atoms with Gasteiger partial charge in [0.05, 0.1) is 14.9 Å². The lowest BCUT2D eigenvalue weighted by atomic mass is 10.1. The highest BCUT2D eigenvalue weighted by Gasteiger charge is 2.29. The molecular formula is C18H20Cl2N2O2S. The largest absolute Gasteiger partial charge is 0.369 e. The molecule has 0 aliphatic carbocycles. The minimum atomic E-state index is -3.56. The van der Waals surface area contributed by atoms with Gasteiger partial charge in [0.15, 0.2) is 0 Å². The summed E-state index contributed by atoms with van der Waals surface area (Å²) in [5.41, 5.74) is 2.47. The van der Waals surface area contributed by atoms with Gasteiger partial charge in [0.25, 0.3) is 0 Å². The van der Waals surface area contributed by atoms with Gasteiger partial charge in [-0.3, -0.25) is 0 Å². The van der Waals surface area contributed by atoms with Crippen LogP contribution in [-0.2, 0) is 16.4 Å². The fourth-order valence-corrected chi connectivity index (χ4v) is 4.89. The molecule has 3 rings (SSSR count). The first-order chi connectivity index (χ1) is 11.9.